The van der Waals surface area contributed by atoms with Crippen molar-refractivity contribution in [3.63, 3.8) is 0 Å². The van der Waals surface area contributed by atoms with Crippen molar-refractivity contribution in [1.82, 2.24) is 19.7 Å². The van der Waals surface area contributed by atoms with Gasteiger partial charge in [-0.1, -0.05) is 53.9 Å². The molecule has 0 spiro atoms. The van der Waals surface area contributed by atoms with Crippen LogP contribution in [0.1, 0.15) is 32.2 Å². The molecule has 170 valence electrons. The van der Waals surface area contributed by atoms with E-state index in [1.807, 2.05) is 48.2 Å². The smallest absolute Gasteiger partial charge is 0.240 e. The SMILES string of the molecule is CCn1c(CSc2nc3ccccc3s2)nnc1SC(C)C(=O)N1c2ccccc2CC1C. The number of fused-ring (bicyclic) bond motifs is 2. The van der Waals surface area contributed by atoms with Crippen LogP contribution in [0, 0.1) is 0 Å². The zero-order valence-corrected chi connectivity index (χ0v) is 21.2. The van der Waals surface area contributed by atoms with Gasteiger partial charge in [0.2, 0.25) is 5.91 Å². The highest BCUT2D eigenvalue weighted by Crippen LogP contribution is 2.35. The summed E-state index contributed by atoms with van der Waals surface area (Å²) in [5, 5.41) is 9.41. The molecule has 2 unspecified atom stereocenters. The summed E-state index contributed by atoms with van der Waals surface area (Å²) in [6.07, 6.45) is 0.900. The summed E-state index contributed by atoms with van der Waals surface area (Å²) in [5.41, 5.74) is 3.30. The Kier molecular flexibility index (Phi) is 6.44. The highest BCUT2D eigenvalue weighted by Gasteiger charge is 2.34. The Bertz CT molecular complexity index is 1270. The molecule has 0 aliphatic carbocycles. The molecule has 0 saturated carbocycles. The van der Waals surface area contributed by atoms with Crippen molar-refractivity contribution in [2.24, 2.45) is 0 Å². The molecular weight excluding hydrogens is 470 g/mol. The zero-order valence-electron chi connectivity index (χ0n) is 18.8. The summed E-state index contributed by atoms with van der Waals surface area (Å²) in [4.78, 5) is 20.0. The van der Waals surface area contributed by atoms with Crippen molar-refractivity contribution in [3.05, 3.63) is 59.9 Å². The van der Waals surface area contributed by atoms with Crippen LogP contribution in [0.15, 0.2) is 58.0 Å². The van der Waals surface area contributed by atoms with Crippen molar-refractivity contribution in [2.45, 2.75) is 60.3 Å². The lowest BCUT2D eigenvalue weighted by Gasteiger charge is -2.25. The van der Waals surface area contributed by atoms with Crippen LogP contribution in [-0.2, 0) is 23.5 Å². The van der Waals surface area contributed by atoms with Crippen LogP contribution in [0.5, 0.6) is 0 Å². The third-order valence-electron chi connectivity index (χ3n) is 5.78. The quantitative estimate of drug-likeness (QED) is 0.308. The van der Waals surface area contributed by atoms with Crippen molar-refractivity contribution in [1.29, 1.82) is 0 Å². The number of carbonyl (C=O) groups excluding carboxylic acids is 1. The monoisotopic (exact) mass is 495 g/mol. The highest BCUT2D eigenvalue weighted by atomic mass is 32.2. The van der Waals surface area contributed by atoms with E-state index >= 15 is 0 Å². The fourth-order valence-electron chi connectivity index (χ4n) is 4.18. The van der Waals surface area contributed by atoms with Crippen LogP contribution >= 0.6 is 34.9 Å². The molecule has 33 heavy (non-hydrogen) atoms. The van der Waals surface area contributed by atoms with Crippen molar-refractivity contribution in [3.8, 4) is 0 Å². The lowest BCUT2D eigenvalue weighted by atomic mass is 10.1. The Balaban J connectivity index is 1.28. The van der Waals surface area contributed by atoms with Gasteiger partial charge in [-0.15, -0.1) is 21.5 Å². The first kappa shape index (κ1) is 22.4. The molecule has 5 rings (SSSR count). The first-order valence-electron chi connectivity index (χ1n) is 11.0. The molecule has 2 aromatic carbocycles. The van der Waals surface area contributed by atoms with E-state index < -0.39 is 0 Å². The summed E-state index contributed by atoms with van der Waals surface area (Å²) in [6.45, 7) is 6.92. The first-order chi connectivity index (χ1) is 16.0. The minimum atomic E-state index is -0.252. The van der Waals surface area contributed by atoms with Gasteiger partial charge in [-0.05, 0) is 51.0 Å². The fourth-order valence-corrected chi connectivity index (χ4v) is 7.16. The molecule has 0 saturated heterocycles. The number of anilines is 1. The summed E-state index contributed by atoms with van der Waals surface area (Å²) in [6, 6.07) is 16.5. The van der Waals surface area contributed by atoms with Gasteiger partial charge in [0, 0.05) is 18.3 Å². The average molecular weight is 496 g/mol. The topological polar surface area (TPSA) is 63.9 Å². The molecule has 0 fully saturated rings. The summed E-state index contributed by atoms with van der Waals surface area (Å²) < 4.78 is 4.33. The number of thiazole rings is 1. The molecule has 2 aromatic heterocycles. The molecule has 3 heterocycles. The molecule has 0 bridgehead atoms. The van der Waals surface area contributed by atoms with Gasteiger partial charge in [0.1, 0.15) is 5.82 Å². The largest absolute Gasteiger partial charge is 0.308 e. The van der Waals surface area contributed by atoms with Gasteiger partial charge in [-0.2, -0.15) is 0 Å². The van der Waals surface area contributed by atoms with Crippen LogP contribution in [0.2, 0.25) is 0 Å². The van der Waals surface area contributed by atoms with Gasteiger partial charge in [0.25, 0.3) is 0 Å². The second-order valence-corrected chi connectivity index (χ2v) is 11.6. The van der Waals surface area contributed by atoms with E-state index in [1.165, 1.54) is 22.0 Å². The van der Waals surface area contributed by atoms with Crippen molar-refractivity contribution in [2.75, 3.05) is 4.90 Å². The Morgan fingerprint density at radius 1 is 1.18 bits per heavy atom. The fraction of sp³-hybridized carbons (Fsp3) is 0.333. The van der Waals surface area contributed by atoms with Crippen LogP contribution < -0.4 is 4.90 Å². The number of benzene rings is 2. The Morgan fingerprint density at radius 3 is 2.79 bits per heavy atom. The maximum atomic E-state index is 13.4. The number of nitrogens with zero attached hydrogens (tertiary/aromatic N) is 5. The van der Waals surface area contributed by atoms with E-state index in [9.17, 15) is 4.79 Å². The third-order valence-corrected chi connectivity index (χ3v) is 9.03. The van der Waals surface area contributed by atoms with Gasteiger partial charge in [-0.25, -0.2) is 4.98 Å². The number of carbonyl (C=O) groups is 1. The second-order valence-electron chi connectivity index (χ2n) is 8.03. The number of para-hydroxylation sites is 2. The van der Waals surface area contributed by atoms with Gasteiger partial charge in [0.15, 0.2) is 9.50 Å². The zero-order chi connectivity index (χ0) is 22.9. The maximum absolute atomic E-state index is 13.4. The molecule has 6 nitrogen and oxygen atoms in total. The molecule has 9 heteroatoms. The number of rotatable bonds is 7. The lowest BCUT2D eigenvalue weighted by molar-refractivity contribution is -0.118. The van der Waals surface area contributed by atoms with Crippen molar-refractivity contribution >= 4 is 56.7 Å². The molecule has 4 aromatic rings. The molecule has 1 aliphatic heterocycles. The average Bonchev–Trinajstić information content (AvgIpc) is 3.50. The molecule has 0 radical (unpaired) electrons. The highest BCUT2D eigenvalue weighted by molar-refractivity contribution is 8.00. The lowest BCUT2D eigenvalue weighted by Crippen LogP contribution is -2.40. The second kappa shape index (κ2) is 9.48. The third kappa shape index (κ3) is 4.41. The number of aromatic nitrogens is 4. The standard InChI is InChI=1S/C24H25N5OS3/c1-4-28-21(14-31-24-25-18-10-6-8-12-20(18)33-24)26-27-23(28)32-16(3)22(30)29-15(2)13-17-9-5-7-11-19(17)29/h5-12,15-16H,4,13-14H2,1-3H3. The summed E-state index contributed by atoms with van der Waals surface area (Å²) in [7, 11) is 0. The predicted molar refractivity (Wildman–Crippen MR) is 137 cm³/mol. The molecule has 0 N–H and O–H groups in total. The van der Waals surface area contributed by atoms with E-state index in [0.29, 0.717) is 5.75 Å². The van der Waals surface area contributed by atoms with Crippen LogP contribution in [0.4, 0.5) is 5.69 Å². The number of thioether (sulfide) groups is 2. The van der Waals surface area contributed by atoms with E-state index in [0.717, 1.165) is 39.5 Å². The number of amides is 1. The first-order valence-corrected chi connectivity index (χ1v) is 13.7. The van der Waals surface area contributed by atoms with Crippen LogP contribution in [0.3, 0.4) is 0 Å². The van der Waals surface area contributed by atoms with E-state index in [2.05, 4.69) is 40.7 Å². The van der Waals surface area contributed by atoms with Crippen molar-refractivity contribution < 1.29 is 4.79 Å². The molecule has 2 atom stereocenters. The number of hydrogen-bond donors (Lipinski definition) is 0. The summed E-state index contributed by atoms with van der Waals surface area (Å²) >= 11 is 4.87. The Labute approximate surface area is 205 Å². The van der Waals surface area contributed by atoms with Gasteiger partial charge >= 0.3 is 0 Å². The normalized spacial score (nSPS) is 16.3. The van der Waals surface area contributed by atoms with E-state index in [-0.39, 0.29) is 17.2 Å². The van der Waals surface area contributed by atoms with Crippen LogP contribution in [-0.4, -0.2) is 36.9 Å². The Hall–Kier alpha value is -2.36. The molecular formula is C24H25N5OS3. The van der Waals surface area contributed by atoms with Crippen LogP contribution in [0.25, 0.3) is 10.2 Å². The van der Waals surface area contributed by atoms with Gasteiger partial charge in [0.05, 0.1) is 21.2 Å². The van der Waals surface area contributed by atoms with Gasteiger partial charge in [-0.3, -0.25) is 4.79 Å². The minimum absolute atomic E-state index is 0.119. The molecule has 1 aliphatic rings. The minimum Gasteiger partial charge on any atom is -0.308 e. The number of hydrogen-bond acceptors (Lipinski definition) is 7. The molecule has 1 amide bonds. The maximum Gasteiger partial charge on any atom is 0.240 e. The summed E-state index contributed by atoms with van der Waals surface area (Å²) in [5.74, 6) is 1.72. The predicted octanol–water partition coefficient (Wildman–Crippen LogP) is 5.66. The Morgan fingerprint density at radius 2 is 1.97 bits per heavy atom. The van der Waals surface area contributed by atoms with Gasteiger partial charge < -0.3 is 9.47 Å². The van der Waals surface area contributed by atoms with E-state index in [4.69, 9.17) is 4.98 Å². The van der Waals surface area contributed by atoms with E-state index in [1.54, 1.807) is 23.1 Å².